The lowest BCUT2D eigenvalue weighted by molar-refractivity contribution is 0.321. The first kappa shape index (κ1) is 15.6. The molecule has 0 spiro atoms. The Morgan fingerprint density at radius 3 is 2.76 bits per heavy atom. The molecule has 1 aromatic carbocycles. The van der Waals surface area contributed by atoms with Crippen LogP contribution in [-0.2, 0) is 6.54 Å². The summed E-state index contributed by atoms with van der Waals surface area (Å²) in [5.41, 5.74) is 0.831. The van der Waals surface area contributed by atoms with Gasteiger partial charge in [-0.25, -0.2) is 9.38 Å². The fourth-order valence-corrected chi connectivity index (χ4v) is 2.10. The minimum Gasteiger partial charge on any atom is -0.491 e. The molecule has 0 amide bonds. The lowest BCUT2D eigenvalue weighted by Gasteiger charge is -2.11. The van der Waals surface area contributed by atoms with Gasteiger partial charge in [-0.2, -0.15) is 0 Å². The molecule has 1 aromatic rings. The highest BCUT2D eigenvalue weighted by Crippen LogP contribution is 2.28. The molecule has 1 aliphatic rings. The van der Waals surface area contributed by atoms with Crippen molar-refractivity contribution in [1.82, 2.24) is 10.6 Å². The van der Waals surface area contributed by atoms with E-state index in [0.29, 0.717) is 30.9 Å². The smallest absolute Gasteiger partial charge is 0.191 e. The maximum absolute atomic E-state index is 13.8. The van der Waals surface area contributed by atoms with Crippen LogP contribution < -0.4 is 15.4 Å². The summed E-state index contributed by atoms with van der Waals surface area (Å²) in [5.74, 6) is 1.46. The van der Waals surface area contributed by atoms with Crippen LogP contribution in [-0.4, -0.2) is 25.2 Å². The van der Waals surface area contributed by atoms with Gasteiger partial charge in [-0.1, -0.05) is 13.0 Å². The van der Waals surface area contributed by atoms with Gasteiger partial charge in [0.1, 0.15) is 0 Å². The molecule has 21 heavy (non-hydrogen) atoms. The largest absolute Gasteiger partial charge is 0.491 e. The van der Waals surface area contributed by atoms with E-state index in [0.717, 1.165) is 18.1 Å². The third-order valence-corrected chi connectivity index (χ3v) is 3.49. The van der Waals surface area contributed by atoms with E-state index in [9.17, 15) is 4.39 Å². The highest BCUT2D eigenvalue weighted by Gasteiger charge is 2.33. The summed E-state index contributed by atoms with van der Waals surface area (Å²) in [6.07, 6.45) is 1.18. The van der Waals surface area contributed by atoms with Crippen molar-refractivity contribution >= 4 is 5.96 Å². The first-order valence-corrected chi connectivity index (χ1v) is 7.60. The third kappa shape index (κ3) is 4.62. The molecular formula is C16H24FN3O. The number of hydrogen-bond acceptors (Lipinski definition) is 2. The summed E-state index contributed by atoms with van der Waals surface area (Å²) in [5, 5.41) is 6.59. The van der Waals surface area contributed by atoms with Crippen molar-refractivity contribution in [1.29, 1.82) is 0 Å². The van der Waals surface area contributed by atoms with E-state index >= 15 is 0 Å². The molecule has 2 unspecified atom stereocenters. The standard InChI is InChI=1S/C16H24FN3O/c1-4-18-16(20-14-8-11(14)3)19-10-12-6-7-15(21-5-2)13(17)9-12/h6-7,9,11,14H,4-5,8,10H2,1-3H3,(H2,18,19,20). The van der Waals surface area contributed by atoms with Crippen LogP contribution >= 0.6 is 0 Å². The zero-order valence-corrected chi connectivity index (χ0v) is 12.9. The van der Waals surface area contributed by atoms with Crippen LogP contribution in [0.2, 0.25) is 0 Å². The number of benzene rings is 1. The summed E-state index contributed by atoms with van der Waals surface area (Å²) in [6.45, 7) is 7.80. The van der Waals surface area contributed by atoms with Crippen LogP contribution in [0.3, 0.4) is 0 Å². The quantitative estimate of drug-likeness (QED) is 0.626. The topological polar surface area (TPSA) is 45.7 Å². The zero-order chi connectivity index (χ0) is 15.2. The highest BCUT2D eigenvalue weighted by molar-refractivity contribution is 5.80. The molecule has 0 heterocycles. The number of aliphatic imine (C=N–C) groups is 1. The number of rotatable bonds is 6. The van der Waals surface area contributed by atoms with Gasteiger partial charge in [0.15, 0.2) is 17.5 Å². The summed E-state index contributed by atoms with van der Waals surface area (Å²) < 4.78 is 19.0. The number of ether oxygens (including phenoxy) is 1. The van der Waals surface area contributed by atoms with Gasteiger partial charge in [-0.05, 0) is 43.9 Å². The van der Waals surface area contributed by atoms with Crippen molar-refractivity contribution in [3.05, 3.63) is 29.6 Å². The van der Waals surface area contributed by atoms with Crippen LogP contribution in [0.25, 0.3) is 0 Å². The van der Waals surface area contributed by atoms with E-state index in [1.165, 1.54) is 12.5 Å². The zero-order valence-electron chi connectivity index (χ0n) is 12.9. The van der Waals surface area contributed by atoms with Gasteiger partial charge in [-0.15, -0.1) is 0 Å². The number of halogens is 1. The SMILES string of the molecule is CCNC(=NCc1ccc(OCC)c(F)c1)NC1CC1C. The summed E-state index contributed by atoms with van der Waals surface area (Å²) in [4.78, 5) is 4.50. The fraction of sp³-hybridized carbons (Fsp3) is 0.562. The Hall–Kier alpha value is -1.78. The predicted octanol–water partition coefficient (Wildman–Crippen LogP) is 2.69. The molecule has 2 N–H and O–H groups in total. The van der Waals surface area contributed by atoms with E-state index < -0.39 is 0 Å². The minimum atomic E-state index is -0.335. The van der Waals surface area contributed by atoms with Gasteiger partial charge in [0.05, 0.1) is 13.2 Å². The maximum atomic E-state index is 13.8. The summed E-state index contributed by atoms with van der Waals surface area (Å²) >= 11 is 0. The molecule has 0 bridgehead atoms. The Kier molecular flexibility index (Phi) is 5.42. The van der Waals surface area contributed by atoms with E-state index in [1.807, 2.05) is 19.9 Å². The first-order chi connectivity index (χ1) is 10.1. The van der Waals surface area contributed by atoms with E-state index in [-0.39, 0.29) is 5.82 Å². The van der Waals surface area contributed by atoms with E-state index in [4.69, 9.17) is 4.74 Å². The van der Waals surface area contributed by atoms with E-state index in [2.05, 4.69) is 22.5 Å². The van der Waals surface area contributed by atoms with Crippen molar-refractivity contribution in [2.45, 2.75) is 39.8 Å². The summed E-state index contributed by atoms with van der Waals surface area (Å²) in [7, 11) is 0. The Morgan fingerprint density at radius 1 is 1.43 bits per heavy atom. The number of nitrogens with one attached hydrogen (secondary N) is 2. The number of nitrogens with zero attached hydrogens (tertiary/aromatic N) is 1. The van der Waals surface area contributed by atoms with Crippen LogP contribution in [0.15, 0.2) is 23.2 Å². The molecule has 116 valence electrons. The second-order valence-electron chi connectivity index (χ2n) is 5.36. The molecule has 1 fully saturated rings. The van der Waals surface area contributed by atoms with Crippen molar-refractivity contribution in [3.8, 4) is 5.75 Å². The second kappa shape index (κ2) is 7.29. The molecule has 5 heteroatoms. The van der Waals surface area contributed by atoms with Crippen LogP contribution in [0, 0.1) is 11.7 Å². The van der Waals surface area contributed by atoms with Crippen LogP contribution in [0.1, 0.15) is 32.8 Å². The van der Waals surface area contributed by atoms with E-state index in [1.54, 1.807) is 6.07 Å². The monoisotopic (exact) mass is 293 g/mol. The molecule has 0 saturated heterocycles. The molecule has 0 radical (unpaired) electrons. The average Bonchev–Trinajstić information content (AvgIpc) is 3.15. The fourth-order valence-electron chi connectivity index (χ4n) is 2.10. The second-order valence-corrected chi connectivity index (χ2v) is 5.36. The molecule has 0 aliphatic heterocycles. The molecule has 2 atom stereocenters. The molecule has 4 nitrogen and oxygen atoms in total. The highest BCUT2D eigenvalue weighted by atomic mass is 19.1. The molecule has 2 rings (SSSR count). The van der Waals surface area contributed by atoms with Gasteiger partial charge in [0.25, 0.3) is 0 Å². The predicted molar refractivity (Wildman–Crippen MR) is 83.1 cm³/mol. The average molecular weight is 293 g/mol. The number of guanidine groups is 1. The van der Waals surface area contributed by atoms with Crippen molar-refractivity contribution in [2.75, 3.05) is 13.2 Å². The molecule has 1 saturated carbocycles. The molecular weight excluding hydrogens is 269 g/mol. The normalized spacial score (nSPS) is 21.0. The lowest BCUT2D eigenvalue weighted by Crippen LogP contribution is -2.39. The Bertz CT molecular complexity index is 504. The summed E-state index contributed by atoms with van der Waals surface area (Å²) in [6, 6.07) is 5.51. The van der Waals surface area contributed by atoms with Gasteiger partial charge in [0, 0.05) is 12.6 Å². The van der Waals surface area contributed by atoms with Crippen molar-refractivity contribution < 1.29 is 9.13 Å². The number of hydrogen-bond donors (Lipinski definition) is 2. The van der Waals surface area contributed by atoms with Crippen LogP contribution in [0.5, 0.6) is 5.75 Å². The molecule has 1 aliphatic carbocycles. The Balaban J connectivity index is 1.97. The lowest BCUT2D eigenvalue weighted by atomic mass is 10.2. The van der Waals surface area contributed by atoms with Crippen molar-refractivity contribution in [3.63, 3.8) is 0 Å². The van der Waals surface area contributed by atoms with Crippen molar-refractivity contribution in [2.24, 2.45) is 10.9 Å². The molecule has 0 aromatic heterocycles. The third-order valence-electron chi connectivity index (χ3n) is 3.49. The maximum Gasteiger partial charge on any atom is 0.191 e. The van der Waals surface area contributed by atoms with Gasteiger partial charge < -0.3 is 15.4 Å². The van der Waals surface area contributed by atoms with Gasteiger partial charge >= 0.3 is 0 Å². The Labute approximate surface area is 125 Å². The van der Waals surface area contributed by atoms with Gasteiger partial charge in [-0.3, -0.25) is 0 Å². The first-order valence-electron chi connectivity index (χ1n) is 7.60. The van der Waals surface area contributed by atoms with Gasteiger partial charge in [0.2, 0.25) is 0 Å². The minimum absolute atomic E-state index is 0.294. The Morgan fingerprint density at radius 2 is 2.19 bits per heavy atom. The van der Waals surface area contributed by atoms with Crippen LogP contribution in [0.4, 0.5) is 4.39 Å².